The van der Waals surface area contributed by atoms with Gasteiger partial charge in [0, 0.05) is 23.5 Å². The van der Waals surface area contributed by atoms with Gasteiger partial charge in [-0.15, -0.1) is 0 Å². The lowest BCUT2D eigenvalue weighted by Gasteiger charge is -2.19. The Kier molecular flexibility index (Phi) is 1.51. The minimum absolute atomic E-state index is 0.373. The topological polar surface area (TPSA) is 24.4 Å². The molecule has 0 radical (unpaired) electrons. The number of nitrogens with one attached hydrogen (secondary N) is 1. The van der Waals surface area contributed by atoms with Gasteiger partial charge in [0.1, 0.15) is 0 Å². The summed E-state index contributed by atoms with van der Waals surface area (Å²) < 4.78 is 0. The summed E-state index contributed by atoms with van der Waals surface area (Å²) in [6, 6.07) is 8.86. The maximum atomic E-state index is 4.33. The van der Waals surface area contributed by atoms with Crippen LogP contribution in [0.3, 0.4) is 0 Å². The maximum absolute atomic E-state index is 4.33. The monoisotopic (exact) mass is 184 g/mol. The zero-order valence-corrected chi connectivity index (χ0v) is 8.07. The molecule has 0 fully saturated rings. The second-order valence-corrected chi connectivity index (χ2v) is 3.85. The van der Waals surface area contributed by atoms with Gasteiger partial charge in [-0.3, -0.25) is 4.99 Å². The van der Waals surface area contributed by atoms with Crippen LogP contribution in [0.15, 0.2) is 41.5 Å². The molecule has 0 saturated heterocycles. The van der Waals surface area contributed by atoms with Crippen LogP contribution in [0.25, 0.3) is 0 Å². The largest absolute Gasteiger partial charge is 0.376 e. The van der Waals surface area contributed by atoms with Crippen LogP contribution in [-0.4, -0.2) is 11.8 Å². The summed E-state index contributed by atoms with van der Waals surface area (Å²) in [5.74, 6) is 0.476. The van der Waals surface area contributed by atoms with Crippen LogP contribution in [0, 0.1) is 0 Å². The molecule has 1 aromatic rings. The van der Waals surface area contributed by atoms with Gasteiger partial charge in [0.15, 0.2) is 0 Å². The number of rotatable bonds is 0. The molecule has 2 heteroatoms. The highest BCUT2D eigenvalue weighted by atomic mass is 15.0. The lowest BCUT2D eigenvalue weighted by molar-refractivity contribution is 0.828. The second kappa shape index (κ2) is 2.71. The Morgan fingerprint density at radius 3 is 3.07 bits per heavy atom. The summed E-state index contributed by atoms with van der Waals surface area (Å²) in [5.41, 5.74) is 3.82. The first-order valence-electron chi connectivity index (χ1n) is 4.93. The third-order valence-corrected chi connectivity index (χ3v) is 3.01. The van der Waals surface area contributed by atoms with Crippen LogP contribution >= 0.6 is 0 Å². The van der Waals surface area contributed by atoms with E-state index in [0.717, 1.165) is 0 Å². The zero-order valence-electron chi connectivity index (χ0n) is 8.07. The van der Waals surface area contributed by atoms with Gasteiger partial charge in [-0.05, 0) is 18.6 Å². The van der Waals surface area contributed by atoms with Gasteiger partial charge in [0.2, 0.25) is 0 Å². The summed E-state index contributed by atoms with van der Waals surface area (Å²) in [6.07, 6.45) is 4.09. The molecule has 70 valence electrons. The first-order chi connectivity index (χ1) is 6.86. The van der Waals surface area contributed by atoms with E-state index < -0.39 is 0 Å². The van der Waals surface area contributed by atoms with E-state index in [4.69, 9.17) is 0 Å². The minimum atomic E-state index is 0.373. The second-order valence-electron chi connectivity index (χ2n) is 3.85. The Labute approximate surface area is 83.4 Å². The fourth-order valence-corrected chi connectivity index (χ4v) is 2.27. The number of hydrogen-bond acceptors (Lipinski definition) is 2. The molecule has 0 spiro atoms. The predicted octanol–water partition coefficient (Wildman–Crippen LogP) is 2.55. The third kappa shape index (κ3) is 0.939. The molecular weight excluding hydrogens is 172 g/mol. The van der Waals surface area contributed by atoms with Gasteiger partial charge >= 0.3 is 0 Å². The molecule has 1 aromatic carbocycles. The van der Waals surface area contributed by atoms with Crippen LogP contribution in [0.2, 0.25) is 0 Å². The van der Waals surface area contributed by atoms with Crippen molar-refractivity contribution in [3.8, 4) is 0 Å². The van der Waals surface area contributed by atoms with Gasteiger partial charge in [-0.2, -0.15) is 0 Å². The summed E-state index contributed by atoms with van der Waals surface area (Å²) in [6.45, 7) is 2.08. The first-order valence-corrected chi connectivity index (χ1v) is 4.93. The number of para-hydroxylation sites is 1. The summed E-state index contributed by atoms with van der Waals surface area (Å²) in [4.78, 5) is 4.33. The Morgan fingerprint density at radius 2 is 2.14 bits per heavy atom. The zero-order chi connectivity index (χ0) is 9.54. The van der Waals surface area contributed by atoms with Gasteiger partial charge in [-0.25, -0.2) is 0 Å². The van der Waals surface area contributed by atoms with Crippen LogP contribution in [0.1, 0.15) is 18.4 Å². The maximum Gasteiger partial charge on any atom is 0.0747 e. The Hall–Kier alpha value is -1.57. The number of fused-ring (bicyclic) bond motifs is 3. The molecule has 2 aliphatic heterocycles. The molecule has 2 aliphatic rings. The normalized spacial score (nSPS) is 27.6. The summed E-state index contributed by atoms with van der Waals surface area (Å²) in [7, 11) is 0. The lowest BCUT2D eigenvalue weighted by Crippen LogP contribution is -2.29. The van der Waals surface area contributed by atoms with Crippen molar-refractivity contribution >= 4 is 11.4 Å². The first kappa shape index (κ1) is 7.80. The molecular formula is C12H12N2. The SMILES string of the molecule is CC1=NC=CC2c3ccccc3NC12. The number of nitrogens with zero attached hydrogens (tertiary/aromatic N) is 1. The van der Waals surface area contributed by atoms with Crippen LogP contribution in [0.4, 0.5) is 5.69 Å². The van der Waals surface area contributed by atoms with Crippen molar-refractivity contribution in [2.45, 2.75) is 18.9 Å². The van der Waals surface area contributed by atoms with E-state index in [1.807, 2.05) is 6.20 Å². The van der Waals surface area contributed by atoms with Crippen molar-refractivity contribution in [3.63, 3.8) is 0 Å². The van der Waals surface area contributed by atoms with Crippen molar-refractivity contribution in [3.05, 3.63) is 42.1 Å². The van der Waals surface area contributed by atoms with Crippen LogP contribution in [0.5, 0.6) is 0 Å². The molecule has 0 bridgehead atoms. The molecule has 0 aliphatic carbocycles. The number of anilines is 1. The minimum Gasteiger partial charge on any atom is -0.376 e. The number of hydrogen-bond donors (Lipinski definition) is 1. The highest BCUT2D eigenvalue weighted by Crippen LogP contribution is 2.38. The molecule has 14 heavy (non-hydrogen) atoms. The van der Waals surface area contributed by atoms with Gasteiger partial charge < -0.3 is 5.32 Å². The average Bonchev–Trinajstić information content (AvgIpc) is 2.59. The summed E-state index contributed by atoms with van der Waals surface area (Å²) >= 11 is 0. The van der Waals surface area contributed by atoms with Gasteiger partial charge in [0.25, 0.3) is 0 Å². The van der Waals surface area contributed by atoms with Crippen molar-refractivity contribution in [1.82, 2.24) is 0 Å². The van der Waals surface area contributed by atoms with E-state index in [1.165, 1.54) is 17.0 Å². The third-order valence-electron chi connectivity index (χ3n) is 3.01. The molecule has 0 aromatic heterocycles. The molecule has 0 saturated carbocycles. The van der Waals surface area contributed by atoms with Crippen molar-refractivity contribution in [2.24, 2.45) is 4.99 Å². The van der Waals surface area contributed by atoms with Crippen molar-refractivity contribution < 1.29 is 0 Å². The van der Waals surface area contributed by atoms with E-state index >= 15 is 0 Å². The molecule has 1 N–H and O–H groups in total. The fourth-order valence-electron chi connectivity index (χ4n) is 2.27. The van der Waals surface area contributed by atoms with Gasteiger partial charge in [0.05, 0.1) is 6.04 Å². The summed E-state index contributed by atoms with van der Waals surface area (Å²) in [5, 5.41) is 3.50. The smallest absolute Gasteiger partial charge is 0.0747 e. The number of benzene rings is 1. The quantitative estimate of drug-likeness (QED) is 0.658. The van der Waals surface area contributed by atoms with Gasteiger partial charge in [-0.1, -0.05) is 24.3 Å². The van der Waals surface area contributed by atoms with Crippen LogP contribution < -0.4 is 5.32 Å². The van der Waals surface area contributed by atoms with Crippen molar-refractivity contribution in [1.29, 1.82) is 0 Å². The lowest BCUT2D eigenvalue weighted by atomic mass is 9.91. The Morgan fingerprint density at radius 1 is 1.29 bits per heavy atom. The van der Waals surface area contributed by atoms with Crippen LogP contribution in [-0.2, 0) is 0 Å². The van der Waals surface area contributed by atoms with E-state index in [9.17, 15) is 0 Å². The van der Waals surface area contributed by atoms with Crippen molar-refractivity contribution in [2.75, 3.05) is 5.32 Å². The molecule has 2 atom stereocenters. The highest BCUT2D eigenvalue weighted by molar-refractivity contribution is 5.94. The molecule has 3 rings (SSSR count). The Balaban J connectivity index is 2.11. The predicted molar refractivity (Wildman–Crippen MR) is 58.8 cm³/mol. The Bertz CT molecular complexity index is 432. The van der Waals surface area contributed by atoms with E-state index in [-0.39, 0.29) is 0 Å². The molecule has 2 nitrogen and oxygen atoms in total. The number of aliphatic imine (C=N–C) groups is 1. The fraction of sp³-hybridized carbons (Fsp3) is 0.250. The molecule has 0 amide bonds. The standard InChI is InChI=1S/C12H12N2/c1-8-12-10(6-7-13-8)9-4-2-3-5-11(9)14-12/h2-7,10,12,14H,1H3. The van der Waals surface area contributed by atoms with E-state index in [2.05, 4.69) is 47.6 Å². The highest BCUT2D eigenvalue weighted by Gasteiger charge is 2.32. The molecule has 2 unspecified atom stereocenters. The van der Waals surface area contributed by atoms with E-state index in [1.54, 1.807) is 0 Å². The molecule has 2 heterocycles. The average molecular weight is 184 g/mol. The van der Waals surface area contributed by atoms with E-state index in [0.29, 0.717) is 12.0 Å².